The van der Waals surface area contributed by atoms with Crippen molar-refractivity contribution < 1.29 is 9.90 Å². The van der Waals surface area contributed by atoms with E-state index in [9.17, 15) is 9.90 Å². The van der Waals surface area contributed by atoms with Crippen LogP contribution in [0.15, 0.2) is 0 Å². The number of unbranched alkanes of at least 4 members (excludes halogenated alkanes) is 1. The Balaban J connectivity index is 0. The minimum atomic E-state index is -0.893. The second kappa shape index (κ2) is 8.37. The third-order valence-electron chi connectivity index (χ3n) is 1.73. The fourth-order valence-corrected chi connectivity index (χ4v) is 0.939. The van der Waals surface area contributed by atoms with Gasteiger partial charge in [-0.1, -0.05) is 26.7 Å². The van der Waals surface area contributed by atoms with Crippen LogP contribution in [0.3, 0.4) is 0 Å². The van der Waals surface area contributed by atoms with Crippen LogP contribution < -0.4 is 5.11 Å². The second-order valence-corrected chi connectivity index (χ2v) is 2.57. The molecule has 0 spiro atoms. The van der Waals surface area contributed by atoms with Crippen molar-refractivity contribution in [2.45, 2.75) is 39.5 Å². The third kappa shape index (κ3) is 6.66. The van der Waals surface area contributed by atoms with Crippen LogP contribution in [0.25, 0.3) is 0 Å². The average molecular weight is 262 g/mol. The van der Waals surface area contributed by atoms with Crippen molar-refractivity contribution in [1.29, 1.82) is 0 Å². The molecule has 0 saturated carbocycles. The Hall–Kier alpha value is 0.269. The van der Waals surface area contributed by atoms with Crippen LogP contribution in [0.1, 0.15) is 39.5 Å². The van der Waals surface area contributed by atoms with E-state index in [1.54, 1.807) is 0 Å². The van der Waals surface area contributed by atoms with E-state index >= 15 is 0 Å². The van der Waals surface area contributed by atoms with Gasteiger partial charge in [-0.05, 0) is 18.8 Å². The van der Waals surface area contributed by atoms with Gasteiger partial charge in [0.05, 0.1) is 0 Å². The van der Waals surface area contributed by atoms with Crippen LogP contribution in [-0.4, -0.2) is 29.9 Å². The Bertz CT molecular complexity index is 104. The molecule has 62 valence electrons. The summed E-state index contributed by atoms with van der Waals surface area (Å²) in [7, 11) is 0. The Morgan fingerprint density at radius 1 is 1.45 bits per heavy atom. The van der Waals surface area contributed by atoms with Crippen LogP contribution in [0.2, 0.25) is 0 Å². The second-order valence-electron chi connectivity index (χ2n) is 2.57. The molecule has 2 nitrogen and oxygen atoms in total. The maximum Gasteiger partial charge on any atom is 2.00 e. The molecule has 0 aromatic rings. The predicted octanol–water partition coefficient (Wildman–Crippen LogP) is 0.572. The summed E-state index contributed by atoms with van der Waals surface area (Å²) in [5.74, 6) is -1.11. The predicted molar refractivity (Wildman–Crippen MR) is 44.1 cm³/mol. The summed E-state index contributed by atoms with van der Waals surface area (Å²) in [5, 5.41) is 10.3. The van der Waals surface area contributed by atoms with Gasteiger partial charge in [0, 0.05) is 5.97 Å². The third-order valence-corrected chi connectivity index (χ3v) is 1.73. The van der Waals surface area contributed by atoms with Gasteiger partial charge in [0.2, 0.25) is 0 Å². The first kappa shape index (κ1) is 13.8. The van der Waals surface area contributed by atoms with Crippen LogP contribution >= 0.6 is 0 Å². The molecule has 0 saturated heterocycles. The summed E-state index contributed by atoms with van der Waals surface area (Å²) in [5.41, 5.74) is 0. The number of aliphatic carboxylic acids is 1. The molecular weight excluding hydrogens is 247 g/mol. The summed E-state index contributed by atoms with van der Waals surface area (Å²) in [6.07, 6.45) is 3.52. The number of carbonyl (C=O) groups is 1. The molecule has 0 heterocycles. The number of hydrogen-bond acceptors (Lipinski definition) is 2. The first-order valence-corrected chi connectivity index (χ1v) is 3.93. The van der Waals surface area contributed by atoms with E-state index in [1.807, 2.05) is 6.92 Å². The first-order valence-electron chi connectivity index (χ1n) is 3.93. The molecule has 0 amide bonds. The van der Waals surface area contributed by atoms with E-state index in [-0.39, 0.29) is 29.8 Å². The normalized spacial score (nSPS) is 11.8. The van der Waals surface area contributed by atoms with Crippen molar-refractivity contribution in [3.8, 4) is 0 Å². The van der Waals surface area contributed by atoms with Gasteiger partial charge in [-0.2, -0.15) is 0 Å². The van der Waals surface area contributed by atoms with Gasteiger partial charge < -0.3 is 9.90 Å². The molecule has 0 rings (SSSR count). The molecule has 0 aliphatic heterocycles. The van der Waals surface area contributed by atoms with Crippen molar-refractivity contribution in [3.63, 3.8) is 0 Å². The number of carboxylic acids is 1. The number of carbonyl (C=O) groups excluding carboxylic acids is 1. The van der Waals surface area contributed by atoms with Crippen molar-refractivity contribution in [2.24, 2.45) is 5.92 Å². The zero-order chi connectivity index (χ0) is 7.98. The molecular formula is C8H15O2Sn+. The van der Waals surface area contributed by atoms with E-state index in [1.165, 1.54) is 0 Å². The molecule has 1 atom stereocenters. The van der Waals surface area contributed by atoms with Crippen molar-refractivity contribution in [1.82, 2.24) is 0 Å². The maximum atomic E-state index is 10.3. The van der Waals surface area contributed by atoms with E-state index < -0.39 is 5.97 Å². The maximum absolute atomic E-state index is 10.3. The van der Waals surface area contributed by atoms with Crippen molar-refractivity contribution >= 4 is 29.9 Å². The largest absolute Gasteiger partial charge is 2.00 e. The molecule has 0 aliphatic carbocycles. The zero-order valence-electron chi connectivity index (χ0n) is 7.22. The van der Waals surface area contributed by atoms with Crippen LogP contribution in [0.5, 0.6) is 0 Å². The standard InChI is InChI=1S/C8H16O2.Sn/c1-3-5-6-7(4-2)8(9)10;/h7H,3-6H2,1-2H3,(H,9,10);/q;+2/p-1. The van der Waals surface area contributed by atoms with Gasteiger partial charge in [-0.15, -0.1) is 0 Å². The van der Waals surface area contributed by atoms with E-state index in [2.05, 4.69) is 6.92 Å². The van der Waals surface area contributed by atoms with Crippen molar-refractivity contribution in [2.75, 3.05) is 0 Å². The smallest absolute Gasteiger partial charge is 0.550 e. The molecule has 0 aliphatic rings. The van der Waals surface area contributed by atoms with E-state index in [0.29, 0.717) is 6.42 Å². The SMILES string of the molecule is CCCCC(CC)C(=O)[O-].[Sn+2]. The van der Waals surface area contributed by atoms with Crippen LogP contribution in [0.4, 0.5) is 0 Å². The summed E-state index contributed by atoms with van der Waals surface area (Å²) in [4.78, 5) is 10.3. The quantitative estimate of drug-likeness (QED) is 0.679. The molecule has 0 N–H and O–H groups in total. The molecule has 1 unspecified atom stereocenters. The Kier molecular flexibility index (Phi) is 10.5. The van der Waals surface area contributed by atoms with E-state index in [4.69, 9.17) is 0 Å². The number of carboxylic acid groups (broad SMARTS) is 1. The van der Waals surface area contributed by atoms with Gasteiger partial charge in [-0.3, -0.25) is 0 Å². The molecule has 11 heavy (non-hydrogen) atoms. The molecule has 0 bridgehead atoms. The summed E-state index contributed by atoms with van der Waals surface area (Å²) in [6, 6.07) is 0. The summed E-state index contributed by atoms with van der Waals surface area (Å²) in [6.45, 7) is 3.94. The van der Waals surface area contributed by atoms with Gasteiger partial charge in [0.15, 0.2) is 0 Å². The Morgan fingerprint density at radius 2 is 2.00 bits per heavy atom. The van der Waals surface area contributed by atoms with Gasteiger partial charge in [0.1, 0.15) is 0 Å². The van der Waals surface area contributed by atoms with Crippen LogP contribution in [0, 0.1) is 5.92 Å². The summed E-state index contributed by atoms with van der Waals surface area (Å²) >= 11 is 0. The van der Waals surface area contributed by atoms with Gasteiger partial charge >= 0.3 is 23.9 Å². The first-order chi connectivity index (χ1) is 4.72. The molecule has 0 fully saturated rings. The Labute approximate surface area is 85.3 Å². The minimum absolute atomic E-state index is 0. The monoisotopic (exact) mass is 263 g/mol. The topological polar surface area (TPSA) is 40.1 Å². The molecule has 2 radical (unpaired) electrons. The molecule has 0 aromatic carbocycles. The van der Waals surface area contributed by atoms with E-state index in [0.717, 1.165) is 19.3 Å². The fraction of sp³-hybridized carbons (Fsp3) is 0.875. The Morgan fingerprint density at radius 3 is 2.27 bits per heavy atom. The molecule has 0 aromatic heterocycles. The molecule has 3 heteroatoms. The van der Waals surface area contributed by atoms with Crippen molar-refractivity contribution in [3.05, 3.63) is 0 Å². The van der Waals surface area contributed by atoms with Gasteiger partial charge in [-0.25, -0.2) is 0 Å². The number of rotatable bonds is 5. The minimum Gasteiger partial charge on any atom is -0.550 e. The van der Waals surface area contributed by atoms with Gasteiger partial charge in [0.25, 0.3) is 0 Å². The fourth-order valence-electron chi connectivity index (χ4n) is 0.939. The average Bonchev–Trinajstić information content (AvgIpc) is 1.89. The zero-order valence-corrected chi connectivity index (χ0v) is 10.1. The van der Waals surface area contributed by atoms with Crippen LogP contribution in [-0.2, 0) is 4.79 Å². The summed E-state index contributed by atoms with van der Waals surface area (Å²) < 4.78 is 0. The number of hydrogen-bond donors (Lipinski definition) is 0.